The number of rotatable bonds is 6. The number of carbonyl (C=O) groups is 1. The van der Waals surface area contributed by atoms with E-state index in [-0.39, 0.29) is 12.5 Å². The smallest absolute Gasteiger partial charge is 0.350 e. The molecule has 2 unspecified atom stereocenters. The number of esters is 1. The molecule has 0 saturated carbocycles. The average Bonchev–Trinajstić information content (AvgIpc) is 2.60. The summed E-state index contributed by atoms with van der Waals surface area (Å²) >= 11 is 0. The maximum atomic E-state index is 11.7. The molecule has 18 heavy (non-hydrogen) atoms. The van der Waals surface area contributed by atoms with Crippen molar-refractivity contribution in [3.05, 3.63) is 18.2 Å². The van der Waals surface area contributed by atoms with Gasteiger partial charge in [0.2, 0.25) is 6.29 Å². The predicted octanol–water partition coefficient (Wildman–Crippen LogP) is 0.519. The Morgan fingerprint density at radius 2 is 2.11 bits per heavy atom. The molecule has 1 aromatic heterocycles. The molecule has 2 atom stereocenters. The third kappa shape index (κ3) is 4.12. The van der Waals surface area contributed by atoms with E-state index >= 15 is 0 Å². The normalized spacial score (nSPS) is 14.3. The maximum absolute atomic E-state index is 11.7. The van der Waals surface area contributed by atoms with Crippen LogP contribution in [0.25, 0.3) is 0 Å². The molecule has 6 nitrogen and oxygen atoms in total. The summed E-state index contributed by atoms with van der Waals surface area (Å²) < 4.78 is 19.0. The van der Waals surface area contributed by atoms with Crippen LogP contribution in [0.3, 0.4) is 0 Å². The van der Waals surface area contributed by atoms with Crippen LogP contribution in [0.15, 0.2) is 12.4 Å². The summed E-state index contributed by atoms with van der Waals surface area (Å²) in [6, 6.07) is 0. The summed E-state index contributed by atoms with van der Waals surface area (Å²) in [5.74, 6) is 0.635. The first-order valence-electron chi connectivity index (χ1n) is 5.83. The molecule has 0 aromatic carbocycles. The van der Waals surface area contributed by atoms with Gasteiger partial charge < -0.3 is 14.2 Å². The lowest BCUT2D eigenvalue weighted by Gasteiger charge is -2.17. The lowest BCUT2D eigenvalue weighted by molar-refractivity contribution is -0.677. The quantitative estimate of drug-likeness (QED) is 0.423. The minimum atomic E-state index is -0.628. The van der Waals surface area contributed by atoms with Gasteiger partial charge in [0, 0.05) is 14.0 Å². The molecule has 1 aromatic rings. The summed E-state index contributed by atoms with van der Waals surface area (Å²) in [6.07, 6.45) is 2.69. The van der Waals surface area contributed by atoms with Crippen LogP contribution >= 0.6 is 0 Å². The van der Waals surface area contributed by atoms with Gasteiger partial charge in [-0.3, -0.25) is 0 Å². The maximum Gasteiger partial charge on any atom is 0.350 e. The zero-order valence-corrected chi connectivity index (χ0v) is 11.5. The SMILES string of the molecule is COC(C)OC(C)OC(=O)Cn1cc[n+](C)c1C. The zero-order chi connectivity index (χ0) is 13.7. The second-order valence-corrected chi connectivity index (χ2v) is 4.08. The molecule has 6 heteroatoms. The molecule has 0 aliphatic rings. The Morgan fingerprint density at radius 1 is 1.44 bits per heavy atom. The lowest BCUT2D eigenvalue weighted by atomic mass is 10.5. The average molecular weight is 257 g/mol. The van der Waals surface area contributed by atoms with E-state index in [0.717, 1.165) is 5.82 Å². The first kappa shape index (κ1) is 14.7. The highest BCUT2D eigenvalue weighted by molar-refractivity contribution is 5.69. The van der Waals surface area contributed by atoms with Crippen LogP contribution in [0.5, 0.6) is 0 Å². The van der Waals surface area contributed by atoms with Crippen molar-refractivity contribution < 1.29 is 23.6 Å². The fourth-order valence-corrected chi connectivity index (χ4v) is 1.48. The van der Waals surface area contributed by atoms with Crippen LogP contribution in [-0.4, -0.2) is 30.2 Å². The van der Waals surface area contributed by atoms with Gasteiger partial charge in [0.05, 0.1) is 7.05 Å². The van der Waals surface area contributed by atoms with Crippen LogP contribution < -0.4 is 4.57 Å². The molecule has 0 aliphatic heterocycles. The van der Waals surface area contributed by atoms with Gasteiger partial charge >= 0.3 is 5.97 Å². The Kier molecular flexibility index (Phi) is 5.30. The van der Waals surface area contributed by atoms with Crippen LogP contribution in [-0.2, 0) is 32.6 Å². The number of aromatic nitrogens is 2. The van der Waals surface area contributed by atoms with Crippen molar-refractivity contribution >= 4 is 5.97 Å². The number of nitrogens with zero attached hydrogens (tertiary/aromatic N) is 2. The number of hydrogen-bond acceptors (Lipinski definition) is 4. The molecular formula is C12H21N2O4+. The molecule has 0 amide bonds. The number of aryl methyl sites for hydroxylation is 1. The molecule has 1 rings (SSSR count). The van der Waals surface area contributed by atoms with E-state index in [1.807, 2.05) is 35.5 Å². The van der Waals surface area contributed by atoms with Gasteiger partial charge in [-0.25, -0.2) is 13.9 Å². The van der Waals surface area contributed by atoms with E-state index < -0.39 is 12.6 Å². The summed E-state index contributed by atoms with van der Waals surface area (Å²) in [5.41, 5.74) is 0. The van der Waals surface area contributed by atoms with E-state index in [1.54, 1.807) is 13.8 Å². The molecular weight excluding hydrogens is 236 g/mol. The Morgan fingerprint density at radius 3 is 2.61 bits per heavy atom. The molecule has 0 spiro atoms. The van der Waals surface area contributed by atoms with Crippen LogP contribution in [0.1, 0.15) is 19.7 Å². The Balaban J connectivity index is 2.44. The van der Waals surface area contributed by atoms with Gasteiger partial charge in [-0.15, -0.1) is 0 Å². The number of ether oxygens (including phenoxy) is 3. The second-order valence-electron chi connectivity index (χ2n) is 4.08. The fourth-order valence-electron chi connectivity index (χ4n) is 1.48. The van der Waals surface area contributed by atoms with Gasteiger partial charge in [-0.05, 0) is 13.8 Å². The van der Waals surface area contributed by atoms with Gasteiger partial charge in [-0.1, -0.05) is 0 Å². The van der Waals surface area contributed by atoms with Crippen molar-refractivity contribution in [2.45, 2.75) is 39.9 Å². The fraction of sp³-hybridized carbons (Fsp3) is 0.667. The predicted molar refractivity (Wildman–Crippen MR) is 63.5 cm³/mol. The Hall–Kier alpha value is -1.40. The number of methoxy groups -OCH3 is 1. The highest BCUT2D eigenvalue weighted by Gasteiger charge is 2.17. The van der Waals surface area contributed by atoms with Crippen molar-refractivity contribution in [1.82, 2.24) is 4.57 Å². The van der Waals surface area contributed by atoms with Gasteiger partial charge in [0.15, 0.2) is 12.8 Å². The van der Waals surface area contributed by atoms with E-state index in [0.29, 0.717) is 0 Å². The molecule has 0 fully saturated rings. The third-order valence-electron chi connectivity index (χ3n) is 2.71. The topological polar surface area (TPSA) is 53.6 Å². The van der Waals surface area contributed by atoms with E-state index in [9.17, 15) is 4.79 Å². The molecule has 102 valence electrons. The summed E-state index contributed by atoms with van der Waals surface area (Å²) in [4.78, 5) is 11.7. The molecule has 0 saturated heterocycles. The van der Waals surface area contributed by atoms with Crippen molar-refractivity contribution in [2.24, 2.45) is 7.05 Å². The number of imidazole rings is 1. The van der Waals surface area contributed by atoms with Crippen LogP contribution in [0.2, 0.25) is 0 Å². The van der Waals surface area contributed by atoms with Gasteiger partial charge in [0.25, 0.3) is 5.82 Å². The summed E-state index contributed by atoms with van der Waals surface area (Å²) in [6.45, 7) is 5.50. The number of hydrogen-bond donors (Lipinski definition) is 0. The Bertz CT molecular complexity index is 403. The van der Waals surface area contributed by atoms with Crippen LogP contribution in [0, 0.1) is 6.92 Å². The van der Waals surface area contributed by atoms with E-state index in [4.69, 9.17) is 14.2 Å². The van der Waals surface area contributed by atoms with Crippen molar-refractivity contribution in [2.75, 3.05) is 7.11 Å². The van der Waals surface area contributed by atoms with Gasteiger partial charge in [-0.2, -0.15) is 0 Å². The van der Waals surface area contributed by atoms with Gasteiger partial charge in [0.1, 0.15) is 12.4 Å². The molecule has 1 heterocycles. The minimum Gasteiger partial charge on any atom is -0.433 e. The highest BCUT2D eigenvalue weighted by Crippen LogP contribution is 2.02. The lowest BCUT2D eigenvalue weighted by Crippen LogP contribution is -2.31. The standard InChI is InChI=1S/C12H21N2O4/c1-9-13(4)6-7-14(9)8-12(15)18-11(3)17-10(2)16-5/h6-7,10-11H,8H2,1-5H3/q+1. The molecule has 0 radical (unpaired) electrons. The van der Waals surface area contributed by atoms with E-state index in [1.165, 1.54) is 7.11 Å². The third-order valence-corrected chi connectivity index (χ3v) is 2.71. The van der Waals surface area contributed by atoms with Crippen molar-refractivity contribution in [3.63, 3.8) is 0 Å². The summed E-state index contributed by atoms with van der Waals surface area (Å²) in [7, 11) is 3.45. The molecule has 0 N–H and O–H groups in total. The zero-order valence-electron chi connectivity index (χ0n) is 11.5. The minimum absolute atomic E-state index is 0.168. The number of carbonyl (C=O) groups excluding carboxylic acids is 1. The van der Waals surface area contributed by atoms with E-state index in [2.05, 4.69) is 0 Å². The monoisotopic (exact) mass is 257 g/mol. The van der Waals surface area contributed by atoms with Crippen LogP contribution in [0.4, 0.5) is 0 Å². The van der Waals surface area contributed by atoms with Crippen molar-refractivity contribution in [1.29, 1.82) is 0 Å². The first-order valence-corrected chi connectivity index (χ1v) is 5.83. The van der Waals surface area contributed by atoms with Crippen molar-refractivity contribution in [3.8, 4) is 0 Å². The largest absolute Gasteiger partial charge is 0.433 e. The molecule has 0 aliphatic carbocycles. The first-order chi connectivity index (χ1) is 8.43. The Labute approximate surface area is 107 Å². The summed E-state index contributed by atoms with van der Waals surface area (Å²) in [5, 5.41) is 0. The second kappa shape index (κ2) is 6.51. The molecule has 0 bridgehead atoms. The highest BCUT2D eigenvalue weighted by atomic mass is 16.8.